The maximum absolute atomic E-state index is 9.54. The maximum Gasteiger partial charge on any atom is 0.0998 e. The lowest BCUT2D eigenvalue weighted by molar-refractivity contribution is 0.244. The van der Waals surface area contributed by atoms with E-state index in [1.165, 1.54) is 18.7 Å². The molecule has 28 heavy (non-hydrogen) atoms. The number of hydrogen-bond acceptors (Lipinski definition) is 3. The van der Waals surface area contributed by atoms with Gasteiger partial charge in [0.25, 0.3) is 0 Å². The molecule has 2 aromatic carbocycles. The Morgan fingerprint density at radius 3 is 2.36 bits per heavy atom. The molecular formula is C24H28ClN3. The van der Waals surface area contributed by atoms with E-state index in [-0.39, 0.29) is 0 Å². The van der Waals surface area contributed by atoms with Gasteiger partial charge in [0.2, 0.25) is 0 Å². The highest BCUT2D eigenvalue weighted by Gasteiger charge is 2.17. The summed E-state index contributed by atoms with van der Waals surface area (Å²) in [6, 6.07) is 18.2. The average molecular weight is 394 g/mol. The molecule has 0 aliphatic carbocycles. The lowest BCUT2D eigenvalue weighted by atomic mass is 10.0. The van der Waals surface area contributed by atoms with Crippen LogP contribution in [0.1, 0.15) is 31.4 Å². The average Bonchev–Trinajstić information content (AvgIpc) is 2.72. The van der Waals surface area contributed by atoms with Gasteiger partial charge in [0.05, 0.1) is 11.6 Å². The summed E-state index contributed by atoms with van der Waals surface area (Å²) in [7, 11) is 0. The van der Waals surface area contributed by atoms with Crippen LogP contribution in [-0.4, -0.2) is 37.6 Å². The summed E-state index contributed by atoms with van der Waals surface area (Å²) < 4.78 is 0. The monoisotopic (exact) mass is 393 g/mol. The molecule has 0 saturated carbocycles. The first-order valence-electron chi connectivity index (χ1n) is 10.0. The van der Waals surface area contributed by atoms with Crippen molar-refractivity contribution in [3.05, 3.63) is 64.7 Å². The molecule has 1 aliphatic heterocycles. The molecule has 1 saturated heterocycles. The van der Waals surface area contributed by atoms with E-state index in [9.17, 15) is 5.26 Å². The Kier molecular flexibility index (Phi) is 7.14. The van der Waals surface area contributed by atoms with Gasteiger partial charge in [0.1, 0.15) is 0 Å². The Balaban J connectivity index is 1.64. The molecule has 3 nitrogen and oxygen atoms in total. The molecule has 0 spiro atoms. The summed E-state index contributed by atoms with van der Waals surface area (Å²) in [6.45, 7) is 10.2. The number of piperazine rings is 1. The highest BCUT2D eigenvalue weighted by molar-refractivity contribution is 6.32. The largest absolute Gasteiger partial charge is 0.369 e. The standard InChI is InChI=1S/C24H28ClN3/c1-19(2)11-12-27-13-15-28(16-14-27)22-9-7-20(8-10-22)17-21(18-26)23-5-3-4-6-24(23)25/h3-10,17,19H,11-16H2,1-2H3/b21-17+. The second-order valence-electron chi connectivity index (χ2n) is 7.75. The van der Waals surface area contributed by atoms with Crippen molar-refractivity contribution >= 4 is 28.9 Å². The van der Waals surface area contributed by atoms with Gasteiger partial charge in [-0.3, -0.25) is 4.90 Å². The summed E-state index contributed by atoms with van der Waals surface area (Å²) in [4.78, 5) is 5.01. The van der Waals surface area contributed by atoms with Crippen molar-refractivity contribution < 1.29 is 0 Å². The van der Waals surface area contributed by atoms with Crippen LogP contribution >= 0.6 is 11.6 Å². The van der Waals surface area contributed by atoms with Crippen LogP contribution in [-0.2, 0) is 0 Å². The van der Waals surface area contributed by atoms with Crippen LogP contribution in [0.3, 0.4) is 0 Å². The molecule has 3 rings (SSSR count). The molecule has 0 unspecified atom stereocenters. The Labute approximate surface area is 173 Å². The minimum Gasteiger partial charge on any atom is -0.369 e. The van der Waals surface area contributed by atoms with Crippen molar-refractivity contribution in [3.8, 4) is 6.07 Å². The quantitative estimate of drug-likeness (QED) is 0.474. The van der Waals surface area contributed by atoms with Crippen LogP contribution in [0.25, 0.3) is 11.6 Å². The van der Waals surface area contributed by atoms with Crippen molar-refractivity contribution in [2.75, 3.05) is 37.6 Å². The van der Waals surface area contributed by atoms with E-state index in [4.69, 9.17) is 11.6 Å². The first-order chi connectivity index (χ1) is 13.6. The van der Waals surface area contributed by atoms with Gasteiger partial charge in [-0.25, -0.2) is 0 Å². The molecule has 0 N–H and O–H groups in total. The number of rotatable bonds is 6. The van der Waals surface area contributed by atoms with Crippen LogP contribution in [0, 0.1) is 17.2 Å². The molecule has 0 bridgehead atoms. The first kappa shape index (κ1) is 20.5. The third-order valence-electron chi connectivity index (χ3n) is 5.25. The molecule has 4 heteroatoms. The second kappa shape index (κ2) is 9.78. The normalized spacial score (nSPS) is 15.7. The van der Waals surface area contributed by atoms with Gasteiger partial charge < -0.3 is 4.90 Å². The first-order valence-corrected chi connectivity index (χ1v) is 10.4. The number of halogens is 1. The fourth-order valence-corrected chi connectivity index (χ4v) is 3.71. The molecule has 0 radical (unpaired) electrons. The lowest BCUT2D eigenvalue weighted by Crippen LogP contribution is -2.46. The van der Waals surface area contributed by atoms with Crippen molar-refractivity contribution in [1.29, 1.82) is 5.26 Å². The number of anilines is 1. The van der Waals surface area contributed by atoms with E-state index in [1.807, 2.05) is 30.3 Å². The minimum absolute atomic E-state index is 0.581. The third-order valence-corrected chi connectivity index (χ3v) is 5.58. The Bertz CT molecular complexity index is 841. The van der Waals surface area contributed by atoms with E-state index in [0.29, 0.717) is 10.6 Å². The Hall–Kier alpha value is -2.28. The smallest absolute Gasteiger partial charge is 0.0998 e. The lowest BCUT2D eigenvalue weighted by Gasteiger charge is -2.36. The van der Waals surface area contributed by atoms with Gasteiger partial charge in [0, 0.05) is 42.5 Å². The summed E-state index contributed by atoms with van der Waals surface area (Å²) >= 11 is 6.24. The van der Waals surface area contributed by atoms with Gasteiger partial charge in [-0.05, 0) is 48.7 Å². The zero-order valence-corrected chi connectivity index (χ0v) is 17.5. The van der Waals surface area contributed by atoms with E-state index in [1.54, 1.807) is 0 Å². The van der Waals surface area contributed by atoms with Crippen LogP contribution in [0.4, 0.5) is 5.69 Å². The molecule has 0 amide bonds. The predicted molar refractivity (Wildman–Crippen MR) is 119 cm³/mol. The molecule has 2 aromatic rings. The highest BCUT2D eigenvalue weighted by Crippen LogP contribution is 2.26. The van der Waals surface area contributed by atoms with Crippen LogP contribution in [0.5, 0.6) is 0 Å². The van der Waals surface area contributed by atoms with Crippen molar-refractivity contribution in [3.63, 3.8) is 0 Å². The van der Waals surface area contributed by atoms with Gasteiger partial charge in [-0.1, -0.05) is 55.8 Å². The van der Waals surface area contributed by atoms with E-state index < -0.39 is 0 Å². The summed E-state index contributed by atoms with van der Waals surface area (Å²) in [5.41, 5.74) is 3.61. The van der Waals surface area contributed by atoms with Crippen molar-refractivity contribution in [2.24, 2.45) is 5.92 Å². The molecule has 0 aromatic heterocycles. The minimum atomic E-state index is 0.581. The molecule has 0 atom stereocenters. The Morgan fingerprint density at radius 1 is 1.07 bits per heavy atom. The number of nitrogens with zero attached hydrogens (tertiary/aromatic N) is 3. The van der Waals surface area contributed by atoms with E-state index >= 15 is 0 Å². The highest BCUT2D eigenvalue weighted by atomic mass is 35.5. The number of nitriles is 1. The van der Waals surface area contributed by atoms with Gasteiger partial charge in [0.15, 0.2) is 0 Å². The van der Waals surface area contributed by atoms with Gasteiger partial charge in [-0.15, -0.1) is 0 Å². The molecule has 1 heterocycles. The number of benzene rings is 2. The van der Waals surface area contributed by atoms with Crippen molar-refractivity contribution in [2.45, 2.75) is 20.3 Å². The molecule has 1 fully saturated rings. The SMILES string of the molecule is CC(C)CCN1CCN(c2ccc(/C=C(\C#N)c3ccccc3Cl)cc2)CC1. The second-order valence-corrected chi connectivity index (χ2v) is 8.16. The topological polar surface area (TPSA) is 30.3 Å². The van der Waals surface area contributed by atoms with E-state index in [2.05, 4.69) is 54.0 Å². The Morgan fingerprint density at radius 2 is 1.75 bits per heavy atom. The van der Waals surface area contributed by atoms with Gasteiger partial charge in [-0.2, -0.15) is 5.26 Å². The maximum atomic E-state index is 9.54. The van der Waals surface area contributed by atoms with Crippen LogP contribution < -0.4 is 4.90 Å². The summed E-state index contributed by atoms with van der Waals surface area (Å²) in [6.07, 6.45) is 3.17. The predicted octanol–water partition coefficient (Wildman–Crippen LogP) is 5.57. The molecule has 1 aliphatic rings. The summed E-state index contributed by atoms with van der Waals surface area (Å²) in [5.74, 6) is 0.766. The zero-order chi connectivity index (χ0) is 19.9. The van der Waals surface area contributed by atoms with Crippen molar-refractivity contribution in [1.82, 2.24) is 4.90 Å². The summed E-state index contributed by atoms with van der Waals surface area (Å²) in [5, 5.41) is 10.1. The van der Waals surface area contributed by atoms with Crippen LogP contribution in [0.15, 0.2) is 48.5 Å². The molecule has 146 valence electrons. The zero-order valence-electron chi connectivity index (χ0n) is 16.7. The van der Waals surface area contributed by atoms with E-state index in [0.717, 1.165) is 43.2 Å². The van der Waals surface area contributed by atoms with Crippen LogP contribution in [0.2, 0.25) is 5.02 Å². The third kappa shape index (κ3) is 5.38. The fourth-order valence-electron chi connectivity index (χ4n) is 3.47. The number of hydrogen-bond donors (Lipinski definition) is 0. The number of allylic oxidation sites excluding steroid dienone is 1. The fraction of sp³-hybridized carbons (Fsp3) is 0.375. The van der Waals surface area contributed by atoms with Gasteiger partial charge >= 0.3 is 0 Å². The molecular weight excluding hydrogens is 366 g/mol.